The molecule has 0 bridgehead atoms. The van der Waals surface area contributed by atoms with Crippen LogP contribution >= 0.6 is 61.1 Å². The maximum atomic E-state index is 3.53. The molecule has 0 aliphatic carbocycles. The molecule has 1 aliphatic heterocycles. The Hall–Kier alpha value is 0.440. The second-order valence-electron chi connectivity index (χ2n) is 5.79. The number of benzene rings is 1. The van der Waals surface area contributed by atoms with Crippen LogP contribution in [0, 0.1) is 3.57 Å². The fourth-order valence-corrected chi connectivity index (χ4v) is 3.76. The Morgan fingerprint density at radius 2 is 2.10 bits per heavy atom. The molecule has 1 aromatic rings. The number of nitrogens with zero attached hydrogens (tertiary/aromatic N) is 1. The van der Waals surface area contributed by atoms with Crippen molar-refractivity contribution in [3.05, 3.63) is 49.7 Å². The smallest absolute Gasteiger partial charge is 0.0451 e. The lowest BCUT2D eigenvalue weighted by Crippen LogP contribution is -2.27. The molecule has 0 spiro atoms. The quantitative estimate of drug-likeness (QED) is 0.299. The van der Waals surface area contributed by atoms with Crippen molar-refractivity contribution in [1.82, 2.24) is 0 Å². The number of rotatable bonds is 4. The van der Waals surface area contributed by atoms with E-state index >= 15 is 0 Å². The largest absolute Gasteiger partial charge is 0.344 e. The van der Waals surface area contributed by atoms with E-state index in [2.05, 4.69) is 117 Å². The van der Waals surface area contributed by atoms with Gasteiger partial charge in [0.25, 0.3) is 0 Å². The van der Waals surface area contributed by atoms with Crippen LogP contribution in [0.25, 0.3) is 0 Å². The minimum Gasteiger partial charge on any atom is -0.344 e. The Morgan fingerprint density at radius 1 is 1.38 bits per heavy atom. The summed E-state index contributed by atoms with van der Waals surface area (Å²) in [6, 6.07) is 6.82. The Bertz CT molecular complexity index is 586. The molecule has 0 unspecified atom stereocenters. The van der Waals surface area contributed by atoms with Crippen LogP contribution in [0.3, 0.4) is 0 Å². The molecule has 114 valence electrons. The van der Waals surface area contributed by atoms with Gasteiger partial charge < -0.3 is 4.90 Å². The molecule has 0 aromatic heterocycles. The summed E-state index contributed by atoms with van der Waals surface area (Å²) in [5.74, 6) is 0. The molecule has 1 heterocycles. The minimum atomic E-state index is 0.0563. The van der Waals surface area contributed by atoms with Crippen molar-refractivity contribution >= 4 is 66.8 Å². The summed E-state index contributed by atoms with van der Waals surface area (Å²) >= 11 is 8.40. The van der Waals surface area contributed by atoms with E-state index in [9.17, 15) is 0 Å². The van der Waals surface area contributed by atoms with E-state index in [-0.39, 0.29) is 5.41 Å². The van der Waals surface area contributed by atoms with E-state index in [0.717, 1.165) is 11.0 Å². The average molecular weight is 572 g/mol. The molecule has 0 saturated heterocycles. The monoisotopic (exact) mass is 571 g/mol. The molecule has 1 nitrogen and oxygen atoms in total. The summed E-state index contributed by atoms with van der Waals surface area (Å²) in [4.78, 5) is 2.50. The van der Waals surface area contributed by atoms with Crippen molar-refractivity contribution in [2.45, 2.75) is 32.6 Å². The van der Waals surface area contributed by atoms with Gasteiger partial charge in [-0.2, -0.15) is 0 Å². The molecule has 1 aromatic carbocycles. The SMILES string of the molecule is C/C(Br)=C/C=C1/N(CCCI)c2ccc(I)cc2C1(C)C. The fraction of sp³-hybridized carbons (Fsp3) is 0.412. The zero-order chi connectivity index (χ0) is 15.6. The van der Waals surface area contributed by atoms with Crippen LogP contribution in [0.5, 0.6) is 0 Å². The number of allylic oxidation sites excluding steroid dienone is 4. The van der Waals surface area contributed by atoms with E-state index in [1.165, 1.54) is 31.4 Å². The number of hydrogen-bond acceptors (Lipinski definition) is 1. The highest BCUT2D eigenvalue weighted by Crippen LogP contribution is 2.48. The number of anilines is 1. The van der Waals surface area contributed by atoms with Gasteiger partial charge in [0, 0.05) is 31.3 Å². The molecule has 0 fully saturated rings. The van der Waals surface area contributed by atoms with Crippen LogP contribution in [-0.2, 0) is 5.41 Å². The molecule has 0 radical (unpaired) electrons. The summed E-state index contributed by atoms with van der Waals surface area (Å²) in [5.41, 5.74) is 4.26. The molecule has 0 N–H and O–H groups in total. The van der Waals surface area contributed by atoms with E-state index in [0.29, 0.717) is 0 Å². The molecule has 0 saturated carbocycles. The predicted octanol–water partition coefficient (Wildman–Crippen LogP) is 6.40. The van der Waals surface area contributed by atoms with E-state index in [4.69, 9.17) is 0 Å². The lowest BCUT2D eigenvalue weighted by atomic mass is 9.84. The minimum absolute atomic E-state index is 0.0563. The van der Waals surface area contributed by atoms with Gasteiger partial charge in [-0.1, -0.05) is 58.4 Å². The number of alkyl halides is 1. The van der Waals surface area contributed by atoms with Crippen molar-refractivity contribution in [1.29, 1.82) is 0 Å². The zero-order valence-corrected chi connectivity index (χ0v) is 18.5. The third-order valence-electron chi connectivity index (χ3n) is 3.84. The van der Waals surface area contributed by atoms with Gasteiger partial charge in [0.15, 0.2) is 0 Å². The van der Waals surface area contributed by atoms with E-state index in [1.807, 2.05) is 0 Å². The van der Waals surface area contributed by atoms with Crippen molar-refractivity contribution in [2.75, 3.05) is 15.9 Å². The molecule has 0 atom stereocenters. The first-order chi connectivity index (χ1) is 9.87. The summed E-state index contributed by atoms with van der Waals surface area (Å²) in [6.07, 6.45) is 5.63. The first kappa shape index (κ1) is 17.8. The molecule has 4 heteroatoms. The first-order valence-corrected chi connectivity index (χ1v) is 10.5. The van der Waals surface area contributed by atoms with Gasteiger partial charge >= 0.3 is 0 Å². The topological polar surface area (TPSA) is 3.24 Å². The van der Waals surface area contributed by atoms with Gasteiger partial charge in [0.05, 0.1) is 0 Å². The lowest BCUT2D eigenvalue weighted by Gasteiger charge is -2.26. The lowest BCUT2D eigenvalue weighted by molar-refractivity contribution is 0.629. The molecule has 2 rings (SSSR count). The highest BCUT2D eigenvalue weighted by atomic mass is 127. The Labute approximate surface area is 163 Å². The first-order valence-electron chi connectivity index (χ1n) is 7.06. The van der Waals surface area contributed by atoms with Crippen molar-refractivity contribution in [3.8, 4) is 0 Å². The van der Waals surface area contributed by atoms with Gasteiger partial charge in [0.1, 0.15) is 0 Å². The van der Waals surface area contributed by atoms with Crippen molar-refractivity contribution in [2.24, 2.45) is 0 Å². The zero-order valence-electron chi connectivity index (χ0n) is 12.6. The van der Waals surface area contributed by atoms with Crippen molar-refractivity contribution < 1.29 is 0 Å². The Morgan fingerprint density at radius 3 is 2.71 bits per heavy atom. The second-order valence-corrected chi connectivity index (χ2v) is 9.36. The van der Waals surface area contributed by atoms with Crippen LogP contribution in [0.1, 0.15) is 32.8 Å². The summed E-state index contributed by atoms with van der Waals surface area (Å²) < 4.78 is 3.65. The molecular formula is C17H20BrI2N. The number of fused-ring (bicyclic) bond motifs is 1. The summed E-state index contributed by atoms with van der Waals surface area (Å²) in [7, 11) is 0. The van der Waals surface area contributed by atoms with Crippen LogP contribution in [0.15, 0.2) is 40.5 Å². The van der Waals surface area contributed by atoms with E-state index in [1.54, 1.807) is 0 Å². The molecule has 21 heavy (non-hydrogen) atoms. The van der Waals surface area contributed by atoms with E-state index < -0.39 is 0 Å². The predicted molar refractivity (Wildman–Crippen MR) is 114 cm³/mol. The maximum absolute atomic E-state index is 3.53. The average Bonchev–Trinajstić information content (AvgIpc) is 2.62. The standard InChI is InChI=1S/C17H20BrI2N/c1-12(18)5-8-16-17(2,3)14-11-13(20)6-7-15(14)21(16)10-4-9-19/h5-8,11H,4,9-10H2,1-3H3/b12-5-,16-8+. The van der Waals surface area contributed by atoms with Crippen LogP contribution in [0.4, 0.5) is 5.69 Å². The third kappa shape index (κ3) is 3.86. The van der Waals surface area contributed by atoms with Gasteiger partial charge in [0.2, 0.25) is 0 Å². The summed E-state index contributed by atoms with van der Waals surface area (Å²) in [5, 5.41) is 0. The highest BCUT2D eigenvalue weighted by molar-refractivity contribution is 14.1. The number of halogens is 3. The van der Waals surface area contributed by atoms with Gasteiger partial charge in [-0.05, 0) is 70.3 Å². The van der Waals surface area contributed by atoms with Crippen LogP contribution in [0.2, 0.25) is 0 Å². The fourth-order valence-electron chi connectivity index (χ4n) is 2.80. The Balaban J connectivity index is 2.53. The molecule has 0 amide bonds. The molecular weight excluding hydrogens is 552 g/mol. The van der Waals surface area contributed by atoms with Gasteiger partial charge in [-0.25, -0.2) is 0 Å². The third-order valence-corrected chi connectivity index (χ3v) is 5.54. The van der Waals surface area contributed by atoms with Crippen LogP contribution < -0.4 is 4.90 Å². The van der Waals surface area contributed by atoms with Gasteiger partial charge in [-0.3, -0.25) is 0 Å². The number of hydrogen-bond donors (Lipinski definition) is 0. The second kappa shape index (κ2) is 7.34. The normalized spacial score (nSPS) is 19.2. The Kier molecular flexibility index (Phi) is 6.22. The highest BCUT2D eigenvalue weighted by Gasteiger charge is 2.39. The molecule has 1 aliphatic rings. The van der Waals surface area contributed by atoms with Gasteiger partial charge in [-0.15, -0.1) is 0 Å². The van der Waals surface area contributed by atoms with Crippen molar-refractivity contribution in [3.63, 3.8) is 0 Å². The summed E-state index contributed by atoms with van der Waals surface area (Å²) in [6.45, 7) is 7.82. The van der Waals surface area contributed by atoms with Crippen LogP contribution in [-0.4, -0.2) is 11.0 Å². The maximum Gasteiger partial charge on any atom is 0.0451 e.